The van der Waals surface area contributed by atoms with E-state index in [1.54, 1.807) is 38.1 Å². The molecule has 2 saturated heterocycles. The van der Waals surface area contributed by atoms with Gasteiger partial charge in [-0.15, -0.1) is 0 Å². The highest BCUT2D eigenvalue weighted by Gasteiger charge is 2.63. The van der Waals surface area contributed by atoms with Crippen LogP contribution in [0.15, 0.2) is 109 Å². The molecule has 544 valence electrons. The van der Waals surface area contributed by atoms with Gasteiger partial charge in [-0.3, -0.25) is 29.0 Å². The standard InChI is InChI=1S/C39H49FN4O6.C29H37FN4O6.C10H13I/c1-5-49-36(47)39-21-27(39)14-9-7-6-8-10-18-32(41-28-16-12-15-26(19-28)38(2,3)4)35(46)44-23-29(20-33(44)34(45)42-39)50-37(48)43-22-25-13-11-17-31(40)30(25)24-43;1-2-39-27(37)29-14-19(29)10-6-4-3-5-7-12-23(31)26(36)34-16-20(13-24(34)25(35)32-29)40-28(38)33-15-18-9-8-11-22(30)21(18)17-33;1-10(2,3)8-5-4-6-9(11)7-8/h9,11-17,19,27,29,32-33,41H,5-8,10,18,20-24H2,1-4H3,(H,42,45);6,8-11,19-20,23-24H,2-5,7,12-17,31H2,1H3,(H,32,35);4-7H,1-3H3/b14-9-;10-6-;/t27-,29-,32+,33+,39-;19-,20-,23+,24+,29-;/m11./s1. The Kier molecular flexibility index (Phi) is 24.4. The Morgan fingerprint density at radius 1 is 0.594 bits per heavy atom. The number of anilines is 1. The van der Waals surface area contributed by atoms with Gasteiger partial charge >= 0.3 is 24.1 Å². The summed E-state index contributed by atoms with van der Waals surface area (Å²) < 4.78 is 52.3. The normalized spacial score (nSPS) is 27.2. The quantitative estimate of drug-likeness (QED) is 0.0555. The first-order valence-electron chi connectivity index (χ1n) is 35.9. The summed E-state index contributed by atoms with van der Waals surface area (Å²) in [6.45, 7) is 17.5. The van der Waals surface area contributed by atoms with Crippen molar-refractivity contribution in [3.05, 3.63) is 158 Å². The number of amides is 6. The van der Waals surface area contributed by atoms with Gasteiger partial charge in [-0.1, -0.05) is 140 Å². The third-order valence-corrected chi connectivity index (χ3v) is 21.1. The van der Waals surface area contributed by atoms with Crippen molar-refractivity contribution in [2.45, 2.75) is 230 Å². The first-order valence-corrected chi connectivity index (χ1v) is 37.0. The average Bonchev–Trinajstić information content (AvgIpc) is 1.58. The maximum absolute atomic E-state index is 14.6. The Bertz CT molecular complexity index is 3780. The minimum atomic E-state index is -1.20. The first-order chi connectivity index (χ1) is 48.1. The molecule has 12 rings (SSSR count). The molecule has 6 amide bonds. The van der Waals surface area contributed by atoms with E-state index in [2.05, 4.69) is 123 Å². The predicted molar refractivity (Wildman–Crippen MR) is 386 cm³/mol. The topological polar surface area (TPSA) is 249 Å². The molecule has 6 aliphatic heterocycles. The van der Waals surface area contributed by atoms with Crippen molar-refractivity contribution < 1.29 is 66.1 Å². The van der Waals surface area contributed by atoms with Crippen LogP contribution in [-0.2, 0) is 84.7 Å². The van der Waals surface area contributed by atoms with Crippen molar-refractivity contribution in [3.8, 4) is 0 Å². The average molecular weight is 1510 g/mol. The summed E-state index contributed by atoms with van der Waals surface area (Å²) in [6.07, 6.45) is 14.1. The van der Waals surface area contributed by atoms with Gasteiger partial charge < -0.3 is 50.4 Å². The molecule has 10 atom stereocenters. The largest absolute Gasteiger partial charge is 0.464 e. The van der Waals surface area contributed by atoms with Gasteiger partial charge in [0.15, 0.2) is 0 Å². The van der Waals surface area contributed by atoms with Crippen molar-refractivity contribution >= 4 is 76.0 Å². The Hall–Kier alpha value is -7.93. The maximum atomic E-state index is 14.6. The summed E-state index contributed by atoms with van der Waals surface area (Å²) in [5.74, 6) is -3.80. The highest BCUT2D eigenvalue weighted by Crippen LogP contribution is 2.48. The highest BCUT2D eigenvalue weighted by molar-refractivity contribution is 14.1. The molecule has 2 saturated carbocycles. The van der Waals surface area contributed by atoms with E-state index in [4.69, 9.17) is 24.7 Å². The van der Waals surface area contributed by atoms with E-state index in [9.17, 15) is 47.1 Å². The van der Waals surface area contributed by atoms with Crippen molar-refractivity contribution in [2.24, 2.45) is 17.6 Å². The lowest BCUT2D eigenvalue weighted by Gasteiger charge is -2.30. The summed E-state index contributed by atoms with van der Waals surface area (Å²) in [5, 5.41) is 9.34. The minimum absolute atomic E-state index is 0.00124. The van der Waals surface area contributed by atoms with Crippen LogP contribution >= 0.6 is 22.6 Å². The molecule has 8 aliphatic rings. The van der Waals surface area contributed by atoms with E-state index >= 15 is 0 Å². The Labute approximate surface area is 605 Å². The summed E-state index contributed by atoms with van der Waals surface area (Å²) in [6, 6.07) is 22.8. The van der Waals surface area contributed by atoms with Crippen molar-refractivity contribution in [1.29, 1.82) is 0 Å². The second kappa shape index (κ2) is 32.6. The Morgan fingerprint density at radius 3 is 1.50 bits per heavy atom. The molecule has 4 aromatic carbocycles. The number of nitrogens with zero attached hydrogens (tertiary/aromatic N) is 4. The number of halogens is 3. The number of allylic oxidation sites excluding steroid dienone is 2. The molecule has 4 fully saturated rings. The summed E-state index contributed by atoms with van der Waals surface area (Å²) in [4.78, 5) is 114. The van der Waals surface area contributed by atoms with Gasteiger partial charge in [0, 0.05) is 58.2 Å². The summed E-state index contributed by atoms with van der Waals surface area (Å²) in [5.41, 5.74) is 9.74. The van der Waals surface area contributed by atoms with Crippen LogP contribution in [0.3, 0.4) is 0 Å². The Balaban J connectivity index is 0.000000192. The molecule has 4 aromatic rings. The number of ether oxygens (including phenoxy) is 4. The smallest absolute Gasteiger partial charge is 0.410 e. The van der Waals surface area contributed by atoms with Crippen LogP contribution in [-0.4, -0.2) is 141 Å². The summed E-state index contributed by atoms with van der Waals surface area (Å²) in [7, 11) is 0. The molecule has 0 radical (unpaired) electrons. The van der Waals surface area contributed by atoms with Gasteiger partial charge in [-0.2, -0.15) is 0 Å². The third-order valence-electron chi connectivity index (χ3n) is 20.5. The third kappa shape index (κ3) is 18.3. The number of nitrogens with one attached hydrogen (secondary N) is 3. The van der Waals surface area contributed by atoms with Gasteiger partial charge in [0.05, 0.1) is 45.4 Å². The monoisotopic (exact) mass is 1500 g/mol. The van der Waals surface area contributed by atoms with E-state index in [1.165, 1.54) is 40.9 Å². The fourth-order valence-corrected chi connectivity index (χ4v) is 14.9. The van der Waals surface area contributed by atoms with Crippen LogP contribution in [0.5, 0.6) is 0 Å². The molecule has 0 spiro atoms. The van der Waals surface area contributed by atoms with Crippen molar-refractivity contribution in [1.82, 2.24) is 30.2 Å². The van der Waals surface area contributed by atoms with Gasteiger partial charge in [0.1, 0.15) is 53.0 Å². The van der Waals surface area contributed by atoms with E-state index in [0.717, 1.165) is 68.2 Å². The molecule has 5 N–H and O–H groups in total. The fraction of sp³-hybridized carbons (Fsp3) is 0.538. The van der Waals surface area contributed by atoms with Crippen molar-refractivity contribution in [2.75, 3.05) is 31.6 Å². The van der Waals surface area contributed by atoms with Crippen molar-refractivity contribution in [3.63, 3.8) is 0 Å². The van der Waals surface area contributed by atoms with Gasteiger partial charge in [-0.25, -0.2) is 28.0 Å². The lowest BCUT2D eigenvalue weighted by Crippen LogP contribution is -2.55. The second-order valence-electron chi connectivity index (χ2n) is 30.0. The van der Waals surface area contributed by atoms with E-state index < -0.39 is 83.4 Å². The number of benzene rings is 4. The fourth-order valence-electron chi connectivity index (χ4n) is 14.4. The molecule has 101 heavy (non-hydrogen) atoms. The number of fused-ring (bicyclic) bond motifs is 6. The highest BCUT2D eigenvalue weighted by atomic mass is 127. The first kappa shape index (κ1) is 75.7. The number of carbonyl (C=O) groups excluding carboxylic acids is 8. The van der Waals surface area contributed by atoms with E-state index in [0.29, 0.717) is 42.4 Å². The lowest BCUT2D eigenvalue weighted by atomic mass is 9.87. The molecule has 2 aliphatic carbocycles. The molecule has 0 aromatic heterocycles. The lowest BCUT2D eigenvalue weighted by molar-refractivity contribution is -0.150. The van der Waals surface area contributed by atoms with Crippen LogP contribution in [0.1, 0.15) is 179 Å². The van der Waals surface area contributed by atoms with Crippen LogP contribution in [0.4, 0.5) is 24.1 Å². The molecular weight excluding hydrogens is 1410 g/mol. The summed E-state index contributed by atoms with van der Waals surface area (Å²) >= 11 is 2.35. The zero-order chi connectivity index (χ0) is 72.6. The zero-order valence-electron chi connectivity index (χ0n) is 59.5. The van der Waals surface area contributed by atoms with Gasteiger partial charge in [-0.05, 0) is 157 Å². The predicted octanol–water partition coefficient (Wildman–Crippen LogP) is 12.1. The van der Waals surface area contributed by atoms with Crippen LogP contribution in [0.25, 0.3) is 0 Å². The SMILES string of the molecule is CC(C)(C)c1cccc(I)c1.CCOC(=O)[C@@]12C[C@H]1/C=C\CCCCC[C@H](N)C(=O)N1C[C@H](OC(=O)N3Cc4cccc(F)c4C3)C[C@H]1C(=O)N2.CCOC(=O)[C@@]12C[C@H]1/C=C\CCCCC[C@H](Nc1cccc(C(C)(C)C)c1)C(=O)N1C[C@H](OC(=O)N3Cc4cccc(F)c4C3)C[C@H]1C(=O)N2. The molecule has 23 heteroatoms. The molecule has 20 nitrogen and oxygen atoms in total. The van der Waals surface area contributed by atoms with E-state index in [1.807, 2.05) is 30.4 Å². The number of hydrogen-bond donors (Lipinski definition) is 4. The number of esters is 2. The van der Waals surface area contributed by atoms with Crippen LogP contribution in [0.2, 0.25) is 0 Å². The van der Waals surface area contributed by atoms with Gasteiger partial charge in [0.25, 0.3) is 0 Å². The number of carbonyl (C=O) groups is 8. The van der Waals surface area contributed by atoms with Crippen LogP contribution < -0.4 is 21.7 Å². The molecule has 6 heterocycles. The zero-order valence-corrected chi connectivity index (χ0v) is 61.6. The Morgan fingerprint density at radius 2 is 1.05 bits per heavy atom. The number of rotatable bonds is 8. The molecule has 0 bridgehead atoms. The maximum Gasteiger partial charge on any atom is 0.410 e. The van der Waals surface area contributed by atoms with E-state index in [-0.39, 0.29) is 111 Å². The minimum Gasteiger partial charge on any atom is -0.464 e. The van der Waals surface area contributed by atoms with Gasteiger partial charge in [0.2, 0.25) is 23.6 Å². The molecule has 0 unspecified atom stereocenters. The number of hydrogen-bond acceptors (Lipinski definition) is 14. The second-order valence-corrected chi connectivity index (χ2v) is 31.2. The molecular formula is C78H99F2IN8O12. The number of nitrogens with two attached hydrogens (primary N) is 1. The van der Waals surface area contributed by atoms with Crippen LogP contribution in [0, 0.1) is 27.0 Å².